The summed E-state index contributed by atoms with van der Waals surface area (Å²) in [6.45, 7) is 6.42. The predicted octanol–water partition coefficient (Wildman–Crippen LogP) is 2.57. The molecule has 0 aliphatic carbocycles. The number of nitrogens with one attached hydrogen (secondary N) is 2. The van der Waals surface area contributed by atoms with Crippen LogP contribution in [-0.4, -0.2) is 29.9 Å². The van der Waals surface area contributed by atoms with Crippen LogP contribution in [0, 0.1) is 0 Å². The lowest BCUT2D eigenvalue weighted by Gasteiger charge is -2.21. The molecule has 0 aliphatic heterocycles. The van der Waals surface area contributed by atoms with Gasteiger partial charge in [0.05, 0.1) is 0 Å². The molecule has 0 aliphatic rings. The first-order chi connectivity index (χ1) is 12.1. The molecule has 0 spiro atoms. The first kappa shape index (κ1) is 18.4. The van der Waals surface area contributed by atoms with E-state index in [0.29, 0.717) is 12.2 Å². The first-order valence-corrected chi connectivity index (χ1v) is 8.42. The van der Waals surface area contributed by atoms with Gasteiger partial charge in [0.2, 0.25) is 11.8 Å². The smallest absolute Gasteiger partial charge is 0.233 e. The number of aromatic nitrogens is 1. The fraction of sp³-hybridized carbons (Fsp3) is 0.316. The largest absolute Gasteiger partial charge is 0.372 e. The molecule has 2 amide bonds. The van der Waals surface area contributed by atoms with Gasteiger partial charge in [0, 0.05) is 43.4 Å². The van der Waals surface area contributed by atoms with Crippen molar-refractivity contribution >= 4 is 23.2 Å². The van der Waals surface area contributed by atoms with E-state index in [1.54, 1.807) is 18.5 Å². The van der Waals surface area contributed by atoms with E-state index >= 15 is 0 Å². The number of carbonyl (C=O) groups excluding carboxylic acids is 2. The molecule has 0 unspecified atom stereocenters. The number of benzene rings is 1. The van der Waals surface area contributed by atoms with Crippen LogP contribution < -0.4 is 15.5 Å². The van der Waals surface area contributed by atoms with Crippen molar-refractivity contribution in [3.8, 4) is 0 Å². The van der Waals surface area contributed by atoms with E-state index in [1.807, 2.05) is 30.3 Å². The van der Waals surface area contributed by atoms with Crippen molar-refractivity contribution in [2.45, 2.75) is 26.8 Å². The van der Waals surface area contributed by atoms with Crippen molar-refractivity contribution in [2.24, 2.45) is 0 Å². The normalized spacial score (nSPS) is 10.2. The molecule has 2 rings (SSSR count). The Balaban J connectivity index is 1.80. The monoisotopic (exact) mass is 340 g/mol. The lowest BCUT2D eigenvalue weighted by Crippen LogP contribution is -2.27. The highest BCUT2D eigenvalue weighted by molar-refractivity contribution is 6.03. The van der Waals surface area contributed by atoms with Crippen molar-refractivity contribution in [2.75, 3.05) is 23.3 Å². The van der Waals surface area contributed by atoms with Crippen LogP contribution in [0.5, 0.6) is 0 Å². The quantitative estimate of drug-likeness (QED) is 0.724. The first-order valence-electron chi connectivity index (χ1n) is 8.42. The second-order valence-corrected chi connectivity index (χ2v) is 5.58. The molecular weight excluding hydrogens is 316 g/mol. The van der Waals surface area contributed by atoms with Gasteiger partial charge in [-0.25, -0.2) is 0 Å². The van der Waals surface area contributed by atoms with Crippen LogP contribution in [0.15, 0.2) is 48.8 Å². The van der Waals surface area contributed by atoms with Gasteiger partial charge < -0.3 is 15.5 Å². The molecule has 6 heteroatoms. The summed E-state index contributed by atoms with van der Waals surface area (Å²) in [7, 11) is 0. The molecule has 132 valence electrons. The Kier molecular flexibility index (Phi) is 6.95. The molecule has 0 saturated heterocycles. The highest BCUT2D eigenvalue weighted by atomic mass is 16.2. The number of hydrogen-bond donors (Lipinski definition) is 2. The number of anilines is 2. The Morgan fingerprint density at radius 3 is 2.36 bits per heavy atom. The van der Waals surface area contributed by atoms with Gasteiger partial charge in [0.25, 0.3) is 0 Å². The molecule has 1 aromatic heterocycles. The number of amides is 2. The summed E-state index contributed by atoms with van der Waals surface area (Å²) in [5.74, 6) is -0.652. The van der Waals surface area contributed by atoms with Gasteiger partial charge >= 0.3 is 0 Å². The Hall–Kier alpha value is -2.89. The van der Waals surface area contributed by atoms with E-state index in [4.69, 9.17) is 0 Å². The van der Waals surface area contributed by atoms with Gasteiger partial charge in [-0.3, -0.25) is 14.6 Å². The number of rotatable bonds is 8. The molecule has 0 saturated carbocycles. The molecule has 25 heavy (non-hydrogen) atoms. The molecule has 1 heterocycles. The summed E-state index contributed by atoms with van der Waals surface area (Å²) >= 11 is 0. The Morgan fingerprint density at radius 2 is 1.76 bits per heavy atom. The summed E-state index contributed by atoms with van der Waals surface area (Å²) in [5.41, 5.74) is 2.68. The molecule has 2 aromatic rings. The second kappa shape index (κ2) is 9.42. The summed E-state index contributed by atoms with van der Waals surface area (Å²) < 4.78 is 0. The van der Waals surface area contributed by atoms with Gasteiger partial charge in [-0.1, -0.05) is 6.07 Å². The minimum absolute atomic E-state index is 0.210. The third-order valence-electron chi connectivity index (χ3n) is 3.81. The van der Waals surface area contributed by atoms with Gasteiger partial charge in [-0.15, -0.1) is 0 Å². The highest BCUT2D eigenvalue weighted by Gasteiger charge is 2.10. The number of hydrogen-bond acceptors (Lipinski definition) is 4. The fourth-order valence-corrected chi connectivity index (χ4v) is 2.46. The average Bonchev–Trinajstić information content (AvgIpc) is 2.63. The molecule has 0 fully saturated rings. The van der Waals surface area contributed by atoms with Crippen LogP contribution in [0.4, 0.5) is 11.4 Å². The zero-order valence-corrected chi connectivity index (χ0v) is 14.7. The van der Waals surface area contributed by atoms with Crippen LogP contribution in [-0.2, 0) is 16.1 Å². The molecule has 1 aromatic carbocycles. The molecule has 0 atom stereocenters. The van der Waals surface area contributed by atoms with E-state index in [0.717, 1.165) is 24.3 Å². The summed E-state index contributed by atoms with van der Waals surface area (Å²) in [4.78, 5) is 30.0. The Bertz CT molecular complexity index is 682. The average molecular weight is 340 g/mol. The van der Waals surface area contributed by atoms with E-state index in [-0.39, 0.29) is 18.2 Å². The molecule has 6 nitrogen and oxygen atoms in total. The van der Waals surface area contributed by atoms with Crippen LogP contribution in [0.3, 0.4) is 0 Å². The van der Waals surface area contributed by atoms with Crippen LogP contribution in [0.2, 0.25) is 0 Å². The molecular formula is C19H24N4O2. The van der Waals surface area contributed by atoms with Gasteiger partial charge in [0.15, 0.2) is 0 Å². The zero-order valence-electron chi connectivity index (χ0n) is 14.7. The summed E-state index contributed by atoms with van der Waals surface area (Å²) in [5, 5.41) is 5.45. The summed E-state index contributed by atoms with van der Waals surface area (Å²) in [6, 6.07) is 11.3. The summed E-state index contributed by atoms with van der Waals surface area (Å²) in [6.07, 6.45) is 3.14. The number of carbonyl (C=O) groups is 2. The lowest BCUT2D eigenvalue weighted by atomic mass is 10.2. The molecule has 0 bridgehead atoms. The van der Waals surface area contributed by atoms with Crippen molar-refractivity contribution < 1.29 is 9.59 Å². The van der Waals surface area contributed by atoms with Gasteiger partial charge in [-0.2, -0.15) is 0 Å². The SMILES string of the molecule is CCN(CC)c1ccc(NC(=O)CC(=O)NCc2cccnc2)cc1. The third-order valence-corrected chi connectivity index (χ3v) is 3.81. The van der Waals surface area contributed by atoms with E-state index in [1.165, 1.54) is 0 Å². The van der Waals surface area contributed by atoms with Crippen molar-refractivity contribution in [1.29, 1.82) is 0 Å². The zero-order chi connectivity index (χ0) is 18.1. The van der Waals surface area contributed by atoms with Crippen molar-refractivity contribution in [3.05, 3.63) is 54.4 Å². The molecule has 0 radical (unpaired) electrons. The third kappa shape index (κ3) is 5.91. The Labute approximate surface area is 148 Å². The lowest BCUT2D eigenvalue weighted by molar-refractivity contribution is -0.126. The Morgan fingerprint density at radius 1 is 1.04 bits per heavy atom. The minimum Gasteiger partial charge on any atom is -0.372 e. The van der Waals surface area contributed by atoms with E-state index < -0.39 is 0 Å². The second-order valence-electron chi connectivity index (χ2n) is 5.58. The van der Waals surface area contributed by atoms with Gasteiger partial charge in [0.1, 0.15) is 6.42 Å². The maximum absolute atomic E-state index is 12.0. The number of nitrogens with zero attached hydrogens (tertiary/aromatic N) is 2. The maximum atomic E-state index is 12.0. The van der Waals surface area contributed by atoms with Crippen LogP contribution in [0.25, 0.3) is 0 Å². The van der Waals surface area contributed by atoms with Crippen molar-refractivity contribution in [1.82, 2.24) is 10.3 Å². The highest BCUT2D eigenvalue weighted by Crippen LogP contribution is 2.17. The number of pyridine rings is 1. The maximum Gasteiger partial charge on any atom is 0.233 e. The standard InChI is InChI=1S/C19H24N4O2/c1-3-23(4-2)17-9-7-16(8-10-17)22-19(25)12-18(24)21-14-15-6-5-11-20-13-15/h5-11,13H,3-4,12,14H2,1-2H3,(H,21,24)(H,22,25). The predicted molar refractivity (Wildman–Crippen MR) is 99.3 cm³/mol. The van der Waals surface area contributed by atoms with E-state index in [2.05, 4.69) is 34.4 Å². The van der Waals surface area contributed by atoms with E-state index in [9.17, 15) is 9.59 Å². The van der Waals surface area contributed by atoms with Crippen LogP contribution in [0.1, 0.15) is 25.8 Å². The van der Waals surface area contributed by atoms with Gasteiger partial charge in [-0.05, 0) is 49.7 Å². The topological polar surface area (TPSA) is 74.3 Å². The molecule has 2 N–H and O–H groups in total. The minimum atomic E-state index is -0.334. The van der Waals surface area contributed by atoms with Crippen molar-refractivity contribution in [3.63, 3.8) is 0 Å². The fourth-order valence-electron chi connectivity index (χ4n) is 2.46. The van der Waals surface area contributed by atoms with Crippen LogP contribution >= 0.6 is 0 Å².